The fraction of sp³-hybridized carbons (Fsp3) is 0.333. The van der Waals surface area contributed by atoms with E-state index in [4.69, 9.17) is 21.4 Å². The summed E-state index contributed by atoms with van der Waals surface area (Å²) in [7, 11) is 0. The summed E-state index contributed by atoms with van der Waals surface area (Å²) in [5, 5.41) is 19.3. The Kier molecular flexibility index (Phi) is 5.75. The number of carbonyl (C=O) groups is 2. The largest absolute Gasteiger partial charge is 0.490 e. The zero-order valence-corrected chi connectivity index (χ0v) is 13.9. The molecule has 0 aliphatic rings. The zero-order valence-electron chi connectivity index (χ0n) is 13.2. The predicted octanol–water partition coefficient (Wildman–Crippen LogP) is 1.73. The molecule has 0 saturated carbocycles. The lowest BCUT2D eigenvalue weighted by molar-refractivity contribution is -0.137. The summed E-state index contributed by atoms with van der Waals surface area (Å²) in [6, 6.07) is 4.81. The van der Waals surface area contributed by atoms with E-state index >= 15 is 0 Å². The molecule has 0 spiro atoms. The molecule has 2 aromatic rings. The van der Waals surface area contributed by atoms with E-state index < -0.39 is 5.97 Å². The molecule has 9 heteroatoms. The average molecular weight is 353 g/mol. The number of hydrogen-bond donors (Lipinski definition) is 2. The third-order valence-electron chi connectivity index (χ3n) is 2.86. The van der Waals surface area contributed by atoms with Gasteiger partial charge in [-0.1, -0.05) is 16.8 Å². The monoisotopic (exact) mass is 352 g/mol. The number of aliphatic carboxylic acids is 1. The summed E-state index contributed by atoms with van der Waals surface area (Å²) in [6.45, 7) is 3.53. The van der Waals surface area contributed by atoms with Gasteiger partial charge in [0.1, 0.15) is 18.0 Å². The second-order valence-corrected chi connectivity index (χ2v) is 5.73. The van der Waals surface area contributed by atoms with Gasteiger partial charge in [0.25, 0.3) is 5.91 Å². The molecule has 1 heterocycles. The van der Waals surface area contributed by atoms with Crippen molar-refractivity contribution < 1.29 is 19.4 Å². The summed E-state index contributed by atoms with van der Waals surface area (Å²) >= 11 is 5.95. The van der Waals surface area contributed by atoms with Gasteiger partial charge in [0.05, 0.1) is 24.4 Å². The molecule has 0 aliphatic carbocycles. The van der Waals surface area contributed by atoms with Gasteiger partial charge in [-0.15, -0.1) is 5.10 Å². The number of rotatable bonds is 7. The Bertz CT molecular complexity index is 745. The summed E-state index contributed by atoms with van der Waals surface area (Å²) in [5.41, 5.74) is 0.757. The third kappa shape index (κ3) is 4.95. The van der Waals surface area contributed by atoms with Crippen LogP contribution in [0.25, 0.3) is 0 Å². The molecule has 24 heavy (non-hydrogen) atoms. The first kappa shape index (κ1) is 17.7. The van der Waals surface area contributed by atoms with Crippen molar-refractivity contribution in [2.45, 2.75) is 33.0 Å². The summed E-state index contributed by atoms with van der Waals surface area (Å²) in [6.07, 6.45) is 1.37. The van der Waals surface area contributed by atoms with E-state index in [0.29, 0.717) is 22.0 Å². The number of benzene rings is 1. The van der Waals surface area contributed by atoms with E-state index in [1.807, 2.05) is 13.8 Å². The van der Waals surface area contributed by atoms with Crippen molar-refractivity contribution in [3.8, 4) is 5.75 Å². The van der Waals surface area contributed by atoms with Crippen LogP contribution in [0.5, 0.6) is 5.75 Å². The molecule has 0 aliphatic heterocycles. The molecule has 2 N–H and O–H groups in total. The van der Waals surface area contributed by atoms with Crippen LogP contribution in [0.4, 0.5) is 0 Å². The quantitative estimate of drug-likeness (QED) is 0.786. The average Bonchev–Trinajstić information content (AvgIpc) is 2.93. The van der Waals surface area contributed by atoms with Crippen molar-refractivity contribution in [2.24, 2.45) is 0 Å². The van der Waals surface area contributed by atoms with Gasteiger partial charge < -0.3 is 15.2 Å². The predicted molar refractivity (Wildman–Crippen MR) is 86.0 cm³/mol. The molecule has 1 aromatic carbocycles. The maximum Gasteiger partial charge on any atom is 0.325 e. The van der Waals surface area contributed by atoms with Crippen LogP contribution in [0.2, 0.25) is 5.02 Å². The first-order valence-electron chi connectivity index (χ1n) is 7.20. The van der Waals surface area contributed by atoms with Crippen molar-refractivity contribution in [1.29, 1.82) is 0 Å². The van der Waals surface area contributed by atoms with Gasteiger partial charge in [0.15, 0.2) is 0 Å². The van der Waals surface area contributed by atoms with Crippen LogP contribution in [-0.2, 0) is 17.9 Å². The number of amides is 1. The highest BCUT2D eigenvalue weighted by Crippen LogP contribution is 2.24. The van der Waals surface area contributed by atoms with E-state index in [0.717, 1.165) is 0 Å². The molecule has 0 radical (unpaired) electrons. The molecule has 0 saturated heterocycles. The number of aromatic nitrogens is 3. The third-order valence-corrected chi connectivity index (χ3v) is 3.10. The standard InChI is InChI=1S/C15H17ClN4O4/c1-9(2)24-13-4-3-10(16)5-12(13)15(23)17-6-11-7-20(19-18-11)8-14(21)22/h3-5,7,9H,6,8H2,1-2H3,(H,17,23)(H,21,22). The Hall–Kier alpha value is -2.61. The van der Waals surface area contributed by atoms with Gasteiger partial charge in [0.2, 0.25) is 0 Å². The Morgan fingerprint density at radius 2 is 2.17 bits per heavy atom. The van der Waals surface area contributed by atoms with Gasteiger partial charge in [-0.2, -0.15) is 0 Å². The van der Waals surface area contributed by atoms with Crippen molar-refractivity contribution in [3.05, 3.63) is 40.7 Å². The highest BCUT2D eigenvalue weighted by molar-refractivity contribution is 6.31. The van der Waals surface area contributed by atoms with Crippen LogP contribution in [0.15, 0.2) is 24.4 Å². The molecule has 1 aromatic heterocycles. The minimum Gasteiger partial charge on any atom is -0.490 e. The maximum absolute atomic E-state index is 12.4. The van der Waals surface area contributed by atoms with Crippen LogP contribution >= 0.6 is 11.6 Å². The molecule has 0 fully saturated rings. The Morgan fingerprint density at radius 3 is 2.83 bits per heavy atom. The van der Waals surface area contributed by atoms with Gasteiger partial charge in [-0.3, -0.25) is 9.59 Å². The second-order valence-electron chi connectivity index (χ2n) is 5.29. The molecular weight excluding hydrogens is 336 g/mol. The van der Waals surface area contributed by atoms with E-state index in [1.165, 1.54) is 16.9 Å². The summed E-state index contributed by atoms with van der Waals surface area (Å²) < 4.78 is 6.78. The fourth-order valence-electron chi connectivity index (χ4n) is 1.94. The Labute approximate surface area is 143 Å². The lowest BCUT2D eigenvalue weighted by Crippen LogP contribution is -2.24. The molecule has 0 bridgehead atoms. The first-order chi connectivity index (χ1) is 11.3. The van der Waals surface area contributed by atoms with Crippen molar-refractivity contribution in [2.75, 3.05) is 0 Å². The Balaban J connectivity index is 2.05. The number of nitrogens with zero attached hydrogens (tertiary/aromatic N) is 3. The number of carboxylic acid groups (broad SMARTS) is 1. The van der Waals surface area contributed by atoms with Crippen LogP contribution in [0.3, 0.4) is 0 Å². The topological polar surface area (TPSA) is 106 Å². The van der Waals surface area contributed by atoms with Gasteiger partial charge >= 0.3 is 5.97 Å². The normalized spacial score (nSPS) is 10.7. The number of ether oxygens (including phenoxy) is 1. The Morgan fingerprint density at radius 1 is 1.42 bits per heavy atom. The van der Waals surface area contributed by atoms with Crippen molar-refractivity contribution >= 4 is 23.5 Å². The molecule has 2 rings (SSSR count). The van der Waals surface area contributed by atoms with E-state index in [2.05, 4.69) is 15.6 Å². The highest BCUT2D eigenvalue weighted by atomic mass is 35.5. The highest BCUT2D eigenvalue weighted by Gasteiger charge is 2.15. The number of carbonyl (C=O) groups excluding carboxylic acids is 1. The molecule has 0 unspecified atom stereocenters. The zero-order chi connectivity index (χ0) is 17.7. The SMILES string of the molecule is CC(C)Oc1ccc(Cl)cc1C(=O)NCc1cn(CC(=O)O)nn1. The van der Waals surface area contributed by atoms with E-state index in [1.54, 1.807) is 12.1 Å². The number of carboxylic acids is 1. The minimum absolute atomic E-state index is 0.0892. The van der Waals surface area contributed by atoms with Crippen molar-refractivity contribution in [1.82, 2.24) is 20.3 Å². The number of halogens is 1. The fourth-order valence-corrected chi connectivity index (χ4v) is 2.11. The molecule has 128 valence electrons. The lowest BCUT2D eigenvalue weighted by Gasteiger charge is -2.14. The van der Waals surface area contributed by atoms with Gasteiger partial charge in [0, 0.05) is 5.02 Å². The van der Waals surface area contributed by atoms with Crippen LogP contribution in [0.1, 0.15) is 29.9 Å². The van der Waals surface area contributed by atoms with Crippen LogP contribution in [0, 0.1) is 0 Å². The smallest absolute Gasteiger partial charge is 0.325 e. The van der Waals surface area contributed by atoms with Gasteiger partial charge in [-0.05, 0) is 32.0 Å². The maximum atomic E-state index is 12.4. The number of nitrogens with one attached hydrogen (secondary N) is 1. The molecular formula is C15H17ClN4O4. The minimum atomic E-state index is -1.02. The molecule has 8 nitrogen and oxygen atoms in total. The van der Waals surface area contributed by atoms with E-state index in [-0.39, 0.29) is 25.1 Å². The summed E-state index contributed by atoms with van der Waals surface area (Å²) in [4.78, 5) is 23.0. The number of hydrogen-bond acceptors (Lipinski definition) is 5. The van der Waals surface area contributed by atoms with Crippen LogP contribution in [-0.4, -0.2) is 38.1 Å². The first-order valence-corrected chi connectivity index (χ1v) is 7.58. The lowest BCUT2D eigenvalue weighted by atomic mass is 10.2. The van der Waals surface area contributed by atoms with Gasteiger partial charge in [-0.25, -0.2) is 4.68 Å². The summed E-state index contributed by atoms with van der Waals surface area (Å²) in [5.74, 6) is -0.966. The molecule has 0 atom stereocenters. The molecule has 1 amide bonds. The second kappa shape index (κ2) is 7.78. The van der Waals surface area contributed by atoms with Crippen molar-refractivity contribution in [3.63, 3.8) is 0 Å². The van der Waals surface area contributed by atoms with E-state index in [9.17, 15) is 9.59 Å². The van der Waals surface area contributed by atoms with Crippen LogP contribution < -0.4 is 10.1 Å².